The van der Waals surface area contributed by atoms with Gasteiger partial charge in [-0.3, -0.25) is 0 Å². The van der Waals surface area contributed by atoms with Crippen molar-refractivity contribution in [2.75, 3.05) is 6.61 Å². The number of benzene rings is 2. The molecule has 0 amide bonds. The smallest absolute Gasteiger partial charge is 0.349 e. The number of hydrogen-bond donors (Lipinski definition) is 0. The summed E-state index contributed by atoms with van der Waals surface area (Å²) in [5.41, 5.74) is 2.37. The van der Waals surface area contributed by atoms with E-state index in [0.29, 0.717) is 18.5 Å². The zero-order valence-corrected chi connectivity index (χ0v) is 13.8. The minimum atomic E-state index is -0.0811. The fourth-order valence-corrected chi connectivity index (χ4v) is 3.91. The van der Waals surface area contributed by atoms with Gasteiger partial charge in [-0.1, -0.05) is 60.7 Å². The summed E-state index contributed by atoms with van der Waals surface area (Å²) in [4.78, 5) is 12.9. The van der Waals surface area contributed by atoms with Gasteiger partial charge in [0.25, 0.3) is 0 Å². The van der Waals surface area contributed by atoms with Crippen molar-refractivity contribution in [1.29, 1.82) is 0 Å². The molecule has 1 aliphatic carbocycles. The summed E-state index contributed by atoms with van der Waals surface area (Å²) in [5.74, 6) is 0.514. The molecule has 0 spiro atoms. The molecule has 5 heteroatoms. The molecular weight excluding hydrogens is 314 g/mol. The Hall–Kier alpha value is -2.82. The molecule has 0 N–H and O–H groups in total. The molecule has 2 heterocycles. The van der Waals surface area contributed by atoms with Crippen LogP contribution >= 0.6 is 0 Å². The lowest BCUT2D eigenvalue weighted by molar-refractivity contribution is 0.228. The third-order valence-electron chi connectivity index (χ3n) is 5.40. The van der Waals surface area contributed by atoms with Crippen LogP contribution in [0.3, 0.4) is 0 Å². The molecular formula is C20H19N3O2. The van der Waals surface area contributed by atoms with Crippen LogP contribution in [0.1, 0.15) is 42.0 Å². The molecule has 0 saturated heterocycles. The molecule has 3 aromatic rings. The van der Waals surface area contributed by atoms with Crippen LogP contribution in [-0.4, -0.2) is 21.0 Å². The molecule has 1 fully saturated rings. The molecule has 1 unspecified atom stereocenters. The van der Waals surface area contributed by atoms with Crippen molar-refractivity contribution in [3.05, 3.63) is 82.3 Å². The highest BCUT2D eigenvalue weighted by Crippen LogP contribution is 2.44. The predicted octanol–water partition coefficient (Wildman–Crippen LogP) is 3.15. The zero-order valence-electron chi connectivity index (χ0n) is 13.8. The van der Waals surface area contributed by atoms with Crippen LogP contribution in [0, 0.1) is 0 Å². The third kappa shape index (κ3) is 2.30. The average molecular weight is 333 g/mol. The fraction of sp³-hybridized carbons (Fsp3) is 0.300. The van der Waals surface area contributed by atoms with Crippen LogP contribution in [-0.2, 0) is 0 Å². The van der Waals surface area contributed by atoms with Crippen molar-refractivity contribution < 1.29 is 4.74 Å². The lowest BCUT2D eigenvalue weighted by Gasteiger charge is -2.35. The molecule has 0 radical (unpaired) electrons. The molecule has 2 aromatic carbocycles. The lowest BCUT2D eigenvalue weighted by atomic mass is 9.76. The fourth-order valence-electron chi connectivity index (χ4n) is 3.91. The molecule has 126 valence electrons. The van der Waals surface area contributed by atoms with E-state index < -0.39 is 0 Å². The number of nitrogens with zero attached hydrogens (tertiary/aromatic N) is 3. The van der Waals surface area contributed by atoms with E-state index in [4.69, 9.17) is 4.74 Å². The maximum Gasteiger partial charge on any atom is 0.349 e. The Labute approximate surface area is 145 Å². The maximum atomic E-state index is 12.9. The van der Waals surface area contributed by atoms with E-state index in [2.05, 4.69) is 29.4 Å². The Balaban J connectivity index is 1.40. The summed E-state index contributed by atoms with van der Waals surface area (Å²) < 4.78 is 9.02. The normalized spacial score (nSPS) is 24.4. The van der Waals surface area contributed by atoms with Crippen molar-refractivity contribution >= 4 is 0 Å². The van der Waals surface area contributed by atoms with Gasteiger partial charge in [-0.2, -0.15) is 0 Å². The van der Waals surface area contributed by atoms with E-state index in [9.17, 15) is 4.79 Å². The van der Waals surface area contributed by atoms with Crippen LogP contribution in [0.4, 0.5) is 0 Å². The monoisotopic (exact) mass is 333 g/mol. The molecule has 0 bridgehead atoms. The van der Waals surface area contributed by atoms with Gasteiger partial charge in [0.15, 0.2) is 0 Å². The molecule has 1 aromatic heterocycles. The molecule has 1 atom stereocenters. The first-order valence-electron chi connectivity index (χ1n) is 8.75. The van der Waals surface area contributed by atoms with Gasteiger partial charge in [0.05, 0.1) is 6.04 Å². The standard InChI is InChI=1S/C20H19N3O2/c24-20-22-18(15-9-5-2-6-10-15)13-25-19(22)21-23(20)17-11-16(12-17)14-7-3-1-4-8-14/h1-10,16-18H,11-13H2. The van der Waals surface area contributed by atoms with E-state index in [1.807, 2.05) is 36.4 Å². The van der Waals surface area contributed by atoms with Crippen molar-refractivity contribution in [1.82, 2.24) is 14.3 Å². The van der Waals surface area contributed by atoms with Gasteiger partial charge >= 0.3 is 11.7 Å². The first-order chi connectivity index (χ1) is 12.3. The van der Waals surface area contributed by atoms with E-state index in [-0.39, 0.29) is 17.8 Å². The summed E-state index contributed by atoms with van der Waals surface area (Å²) in [6, 6.07) is 21.0. The highest BCUT2D eigenvalue weighted by atomic mass is 16.5. The molecule has 1 saturated carbocycles. The van der Waals surface area contributed by atoms with E-state index in [0.717, 1.165) is 18.4 Å². The Bertz CT molecular complexity index is 940. The third-order valence-corrected chi connectivity index (χ3v) is 5.40. The summed E-state index contributed by atoms with van der Waals surface area (Å²) in [7, 11) is 0. The number of fused-ring (bicyclic) bond motifs is 1. The average Bonchev–Trinajstić information content (AvgIpc) is 3.17. The Morgan fingerprint density at radius 2 is 1.56 bits per heavy atom. The van der Waals surface area contributed by atoms with Gasteiger partial charge in [0, 0.05) is 0 Å². The second-order valence-electron chi connectivity index (χ2n) is 6.85. The minimum Gasteiger partial charge on any atom is -0.461 e. The highest BCUT2D eigenvalue weighted by molar-refractivity contribution is 5.25. The van der Waals surface area contributed by atoms with Crippen LogP contribution in [0.5, 0.6) is 6.01 Å². The van der Waals surface area contributed by atoms with Crippen molar-refractivity contribution in [2.45, 2.75) is 30.8 Å². The van der Waals surface area contributed by atoms with Gasteiger partial charge in [-0.05, 0) is 29.9 Å². The van der Waals surface area contributed by atoms with Gasteiger partial charge in [-0.25, -0.2) is 14.0 Å². The van der Waals surface area contributed by atoms with Gasteiger partial charge < -0.3 is 4.74 Å². The summed E-state index contributed by atoms with van der Waals surface area (Å²) in [6.07, 6.45) is 1.91. The first kappa shape index (κ1) is 14.5. The maximum absolute atomic E-state index is 12.9. The second-order valence-corrected chi connectivity index (χ2v) is 6.85. The Morgan fingerprint density at radius 3 is 2.24 bits per heavy atom. The van der Waals surface area contributed by atoms with E-state index in [1.165, 1.54) is 5.56 Å². The largest absolute Gasteiger partial charge is 0.461 e. The number of hydrogen-bond acceptors (Lipinski definition) is 3. The Kier molecular flexibility index (Phi) is 3.26. The number of ether oxygens (including phenoxy) is 1. The van der Waals surface area contributed by atoms with Crippen molar-refractivity contribution in [3.63, 3.8) is 0 Å². The summed E-state index contributed by atoms with van der Waals surface area (Å²) >= 11 is 0. The van der Waals surface area contributed by atoms with Crippen LogP contribution in [0.15, 0.2) is 65.5 Å². The number of aromatic nitrogens is 3. The lowest BCUT2D eigenvalue weighted by Crippen LogP contribution is -2.36. The number of rotatable bonds is 3. The quantitative estimate of drug-likeness (QED) is 0.740. The van der Waals surface area contributed by atoms with Crippen molar-refractivity contribution in [3.8, 4) is 6.01 Å². The zero-order chi connectivity index (χ0) is 16.8. The van der Waals surface area contributed by atoms with Gasteiger partial charge in [-0.15, -0.1) is 5.10 Å². The molecule has 5 rings (SSSR count). The first-order valence-corrected chi connectivity index (χ1v) is 8.75. The molecule has 2 aliphatic rings. The second kappa shape index (κ2) is 5.62. The van der Waals surface area contributed by atoms with E-state index in [1.54, 1.807) is 9.25 Å². The van der Waals surface area contributed by atoms with Gasteiger partial charge in [0.2, 0.25) is 0 Å². The molecule has 1 aliphatic heterocycles. The summed E-state index contributed by atoms with van der Waals surface area (Å²) in [6.45, 7) is 0.472. The van der Waals surface area contributed by atoms with Crippen LogP contribution in [0.25, 0.3) is 0 Å². The van der Waals surface area contributed by atoms with Gasteiger partial charge in [0.1, 0.15) is 12.6 Å². The topological polar surface area (TPSA) is 49.0 Å². The SMILES string of the molecule is O=c1n(C2CC(c3ccccc3)C2)nc2n1C(c1ccccc1)CO2. The van der Waals surface area contributed by atoms with E-state index >= 15 is 0 Å². The van der Waals surface area contributed by atoms with Crippen molar-refractivity contribution in [2.24, 2.45) is 0 Å². The summed E-state index contributed by atoms with van der Waals surface area (Å²) in [5, 5.41) is 4.46. The Morgan fingerprint density at radius 1 is 0.920 bits per heavy atom. The predicted molar refractivity (Wildman–Crippen MR) is 94.0 cm³/mol. The van der Waals surface area contributed by atoms with Crippen LogP contribution < -0.4 is 10.4 Å². The molecule has 25 heavy (non-hydrogen) atoms. The highest BCUT2D eigenvalue weighted by Gasteiger charge is 2.37. The minimum absolute atomic E-state index is 0.0575. The van der Waals surface area contributed by atoms with Crippen LogP contribution in [0.2, 0.25) is 0 Å². The molecule has 5 nitrogen and oxygen atoms in total.